The van der Waals surface area contributed by atoms with Crippen molar-refractivity contribution in [3.05, 3.63) is 18.3 Å². The van der Waals surface area contributed by atoms with E-state index in [-0.39, 0.29) is 10.7 Å². The van der Waals surface area contributed by atoms with Crippen molar-refractivity contribution in [2.75, 3.05) is 18.5 Å². The molecular formula is C11H18N4O2S. The molecule has 18 heavy (non-hydrogen) atoms. The monoisotopic (exact) mass is 270 g/mol. The molecule has 3 N–H and O–H groups in total. The second-order valence-electron chi connectivity index (χ2n) is 4.42. The maximum atomic E-state index is 12.5. The number of nitrogens with zero attached hydrogens (tertiary/aromatic N) is 2. The highest BCUT2D eigenvalue weighted by atomic mass is 32.2. The van der Waals surface area contributed by atoms with Crippen molar-refractivity contribution in [3.8, 4) is 0 Å². The highest BCUT2D eigenvalue weighted by molar-refractivity contribution is 7.89. The summed E-state index contributed by atoms with van der Waals surface area (Å²) in [5.41, 5.74) is 2.33. The average molecular weight is 270 g/mol. The Bertz CT molecular complexity index is 518. The van der Waals surface area contributed by atoms with Gasteiger partial charge in [0.25, 0.3) is 0 Å². The lowest BCUT2D eigenvalue weighted by molar-refractivity contribution is 0.453. The maximum absolute atomic E-state index is 12.5. The number of sulfonamides is 1. The van der Waals surface area contributed by atoms with E-state index in [4.69, 9.17) is 5.84 Å². The Kier molecular flexibility index (Phi) is 3.84. The van der Waals surface area contributed by atoms with E-state index in [0.717, 1.165) is 12.8 Å². The second kappa shape index (κ2) is 5.21. The smallest absolute Gasteiger partial charge is 0.246 e. The highest BCUT2D eigenvalue weighted by Gasteiger charge is 2.33. The van der Waals surface area contributed by atoms with E-state index in [0.29, 0.717) is 19.0 Å². The lowest BCUT2D eigenvalue weighted by Crippen LogP contribution is -2.30. The van der Waals surface area contributed by atoms with Gasteiger partial charge in [-0.1, -0.05) is 13.3 Å². The van der Waals surface area contributed by atoms with Crippen molar-refractivity contribution >= 4 is 15.8 Å². The Labute approximate surface area is 107 Å². The minimum atomic E-state index is -3.50. The van der Waals surface area contributed by atoms with Crippen molar-refractivity contribution in [1.82, 2.24) is 9.29 Å². The van der Waals surface area contributed by atoms with Gasteiger partial charge >= 0.3 is 0 Å². The summed E-state index contributed by atoms with van der Waals surface area (Å²) in [5, 5.41) is 0. The Hall–Kier alpha value is -1.18. The number of hydrogen-bond acceptors (Lipinski definition) is 5. The molecule has 2 rings (SSSR count). The van der Waals surface area contributed by atoms with Crippen LogP contribution in [-0.2, 0) is 10.0 Å². The summed E-state index contributed by atoms with van der Waals surface area (Å²) in [4.78, 5) is 4.07. The molecule has 1 aromatic heterocycles. The maximum Gasteiger partial charge on any atom is 0.246 e. The molecule has 1 fully saturated rings. The number of hydrazine groups is 1. The molecule has 1 aliphatic heterocycles. The quantitative estimate of drug-likeness (QED) is 0.623. The molecule has 1 unspecified atom stereocenters. The van der Waals surface area contributed by atoms with E-state index >= 15 is 0 Å². The van der Waals surface area contributed by atoms with Gasteiger partial charge in [-0.2, -0.15) is 4.31 Å². The molecule has 1 aromatic rings. The van der Waals surface area contributed by atoms with Crippen molar-refractivity contribution in [3.63, 3.8) is 0 Å². The van der Waals surface area contributed by atoms with Crippen LogP contribution in [0, 0.1) is 5.92 Å². The first-order chi connectivity index (χ1) is 8.59. The fourth-order valence-electron chi connectivity index (χ4n) is 2.19. The predicted molar refractivity (Wildman–Crippen MR) is 69.2 cm³/mol. The van der Waals surface area contributed by atoms with E-state index in [1.165, 1.54) is 16.6 Å². The number of rotatable bonds is 4. The molecule has 0 spiro atoms. The zero-order valence-electron chi connectivity index (χ0n) is 10.3. The van der Waals surface area contributed by atoms with Crippen LogP contribution in [0.2, 0.25) is 0 Å². The van der Waals surface area contributed by atoms with E-state index in [1.807, 2.05) is 0 Å². The number of hydrogen-bond donors (Lipinski definition) is 2. The molecule has 1 atom stereocenters. The van der Waals surface area contributed by atoms with Gasteiger partial charge in [-0.05, 0) is 24.5 Å². The van der Waals surface area contributed by atoms with Crippen molar-refractivity contribution < 1.29 is 8.42 Å². The van der Waals surface area contributed by atoms with Gasteiger partial charge in [-0.15, -0.1) is 0 Å². The summed E-state index contributed by atoms with van der Waals surface area (Å²) in [6, 6.07) is 3.12. The molecule has 0 amide bonds. The van der Waals surface area contributed by atoms with Crippen LogP contribution in [0.5, 0.6) is 0 Å². The van der Waals surface area contributed by atoms with Gasteiger partial charge in [0.05, 0.1) is 0 Å². The number of pyridine rings is 1. The van der Waals surface area contributed by atoms with Gasteiger partial charge in [0.15, 0.2) is 5.82 Å². The van der Waals surface area contributed by atoms with Crippen LogP contribution in [-0.4, -0.2) is 30.8 Å². The molecule has 6 nitrogen and oxygen atoms in total. The minimum absolute atomic E-state index is 0.143. The fourth-order valence-corrected chi connectivity index (χ4v) is 3.83. The van der Waals surface area contributed by atoms with Crippen molar-refractivity contribution in [2.24, 2.45) is 11.8 Å². The average Bonchev–Trinajstić information content (AvgIpc) is 2.88. The SMILES string of the molecule is CCC1CCN(S(=O)(=O)c2cccnc2NN)C1. The molecule has 0 bridgehead atoms. The first-order valence-corrected chi connectivity index (χ1v) is 7.45. The topological polar surface area (TPSA) is 88.3 Å². The second-order valence-corrected chi connectivity index (χ2v) is 6.33. The van der Waals surface area contributed by atoms with E-state index in [9.17, 15) is 8.42 Å². The third kappa shape index (κ3) is 2.33. The zero-order chi connectivity index (χ0) is 13.2. The van der Waals surface area contributed by atoms with Crippen LogP contribution in [0.15, 0.2) is 23.2 Å². The van der Waals surface area contributed by atoms with Crippen LogP contribution in [0.1, 0.15) is 19.8 Å². The first kappa shape index (κ1) is 13.3. The summed E-state index contributed by atoms with van der Waals surface area (Å²) in [6.45, 7) is 3.23. The Balaban J connectivity index is 2.31. The fraction of sp³-hybridized carbons (Fsp3) is 0.545. The van der Waals surface area contributed by atoms with Gasteiger partial charge < -0.3 is 5.43 Å². The molecule has 0 radical (unpaired) electrons. The van der Waals surface area contributed by atoms with Gasteiger partial charge in [0.1, 0.15) is 4.90 Å². The number of aromatic nitrogens is 1. The number of nitrogen functional groups attached to an aromatic ring is 1. The van der Waals surface area contributed by atoms with Crippen LogP contribution in [0.3, 0.4) is 0 Å². The first-order valence-electron chi connectivity index (χ1n) is 6.01. The summed E-state index contributed by atoms with van der Waals surface area (Å²) < 4.78 is 26.4. The van der Waals surface area contributed by atoms with Crippen LogP contribution >= 0.6 is 0 Å². The Morgan fingerprint density at radius 1 is 1.61 bits per heavy atom. The lowest BCUT2D eigenvalue weighted by Gasteiger charge is -2.17. The summed E-state index contributed by atoms with van der Waals surface area (Å²) in [7, 11) is -3.50. The largest absolute Gasteiger partial charge is 0.307 e. The van der Waals surface area contributed by atoms with Gasteiger partial charge in [-0.3, -0.25) is 0 Å². The summed E-state index contributed by atoms with van der Waals surface area (Å²) in [6.07, 6.45) is 3.43. The Morgan fingerprint density at radius 3 is 3.00 bits per heavy atom. The molecule has 2 heterocycles. The van der Waals surface area contributed by atoms with Crippen molar-refractivity contribution in [1.29, 1.82) is 0 Å². The van der Waals surface area contributed by atoms with E-state index in [1.54, 1.807) is 6.07 Å². The molecule has 7 heteroatoms. The standard InChI is InChI=1S/C11H18N4O2S/c1-2-9-5-7-15(8-9)18(16,17)10-4-3-6-13-11(10)14-12/h3-4,6,9H,2,5,7-8,12H2,1H3,(H,13,14). The van der Waals surface area contributed by atoms with Crippen LogP contribution < -0.4 is 11.3 Å². The molecule has 100 valence electrons. The number of nitrogens with two attached hydrogens (primary N) is 1. The third-order valence-electron chi connectivity index (χ3n) is 3.35. The molecule has 0 aliphatic carbocycles. The molecule has 0 saturated carbocycles. The normalized spacial score (nSPS) is 21.1. The van der Waals surface area contributed by atoms with E-state index in [2.05, 4.69) is 17.3 Å². The van der Waals surface area contributed by atoms with Gasteiger partial charge in [0.2, 0.25) is 10.0 Å². The highest BCUT2D eigenvalue weighted by Crippen LogP contribution is 2.28. The summed E-state index contributed by atoms with van der Waals surface area (Å²) >= 11 is 0. The lowest BCUT2D eigenvalue weighted by atomic mass is 10.1. The molecule has 0 aromatic carbocycles. The third-order valence-corrected chi connectivity index (χ3v) is 5.25. The number of anilines is 1. The molecule has 1 saturated heterocycles. The van der Waals surface area contributed by atoms with Crippen LogP contribution in [0.25, 0.3) is 0 Å². The number of nitrogens with one attached hydrogen (secondary N) is 1. The zero-order valence-corrected chi connectivity index (χ0v) is 11.2. The summed E-state index contributed by atoms with van der Waals surface area (Å²) in [5.74, 6) is 5.95. The molecule has 1 aliphatic rings. The van der Waals surface area contributed by atoms with Crippen molar-refractivity contribution in [2.45, 2.75) is 24.7 Å². The van der Waals surface area contributed by atoms with Gasteiger partial charge in [-0.25, -0.2) is 19.2 Å². The van der Waals surface area contributed by atoms with Gasteiger partial charge in [0, 0.05) is 19.3 Å². The minimum Gasteiger partial charge on any atom is -0.307 e. The van der Waals surface area contributed by atoms with E-state index < -0.39 is 10.0 Å². The Morgan fingerprint density at radius 2 is 2.39 bits per heavy atom. The predicted octanol–water partition coefficient (Wildman–Crippen LogP) is 0.788. The van der Waals surface area contributed by atoms with Crippen LogP contribution in [0.4, 0.5) is 5.82 Å². The molecular weight excluding hydrogens is 252 g/mol.